The smallest absolute Gasteiger partial charge is 0.263 e. The topological polar surface area (TPSA) is 88.4 Å². The molecular formula is C20H19N5O2S. The molecule has 0 unspecified atom stereocenters. The van der Waals surface area contributed by atoms with E-state index in [1.165, 1.54) is 22.8 Å². The largest absolute Gasteiger partial charge is 0.362 e. The summed E-state index contributed by atoms with van der Waals surface area (Å²) in [7, 11) is -3.72. The summed E-state index contributed by atoms with van der Waals surface area (Å²) in [4.78, 5) is 4.40. The molecule has 0 amide bonds. The molecule has 2 aromatic carbocycles. The highest BCUT2D eigenvalue weighted by Crippen LogP contribution is 2.20. The molecule has 0 saturated heterocycles. The van der Waals surface area contributed by atoms with Gasteiger partial charge >= 0.3 is 0 Å². The van der Waals surface area contributed by atoms with Gasteiger partial charge in [-0.05, 0) is 36.8 Å². The minimum absolute atomic E-state index is 0.0409. The number of nitrogens with zero attached hydrogens (tertiary/aromatic N) is 3. The van der Waals surface area contributed by atoms with Gasteiger partial charge in [-0.15, -0.1) is 5.10 Å². The lowest BCUT2D eigenvalue weighted by Crippen LogP contribution is -2.15. The van der Waals surface area contributed by atoms with Crippen molar-refractivity contribution in [2.75, 3.05) is 10.0 Å². The van der Waals surface area contributed by atoms with Crippen LogP contribution in [0.3, 0.4) is 0 Å². The summed E-state index contributed by atoms with van der Waals surface area (Å²) >= 11 is 0. The molecule has 2 aromatic heterocycles. The molecule has 4 rings (SSSR count). The number of anilines is 2. The summed E-state index contributed by atoms with van der Waals surface area (Å²) < 4.78 is 29.2. The Morgan fingerprint density at radius 1 is 0.929 bits per heavy atom. The molecule has 4 aromatic rings. The third kappa shape index (κ3) is 3.67. The Labute approximate surface area is 163 Å². The summed E-state index contributed by atoms with van der Waals surface area (Å²) in [5.41, 5.74) is 1.67. The van der Waals surface area contributed by atoms with Crippen molar-refractivity contribution in [3.05, 3.63) is 84.6 Å². The van der Waals surface area contributed by atoms with Gasteiger partial charge in [0.2, 0.25) is 0 Å². The van der Waals surface area contributed by atoms with Crippen molar-refractivity contribution in [1.29, 1.82) is 0 Å². The number of hydrogen-bond acceptors (Lipinski definition) is 5. The first kappa shape index (κ1) is 18.0. The molecule has 0 bridgehead atoms. The fraction of sp³-hybridized carbons (Fsp3) is 0.100. The molecule has 0 saturated carbocycles. The van der Waals surface area contributed by atoms with Gasteiger partial charge in [-0.2, -0.15) is 4.52 Å². The van der Waals surface area contributed by atoms with Crippen molar-refractivity contribution in [3.63, 3.8) is 0 Å². The predicted molar refractivity (Wildman–Crippen MR) is 109 cm³/mol. The summed E-state index contributed by atoms with van der Waals surface area (Å²) in [5, 5.41) is 7.82. The molecule has 0 aliphatic heterocycles. The molecule has 28 heavy (non-hydrogen) atoms. The van der Waals surface area contributed by atoms with E-state index < -0.39 is 10.0 Å². The molecule has 8 heteroatoms. The Morgan fingerprint density at radius 3 is 2.32 bits per heavy atom. The molecule has 1 atom stereocenters. The Morgan fingerprint density at radius 2 is 1.61 bits per heavy atom. The zero-order valence-corrected chi connectivity index (χ0v) is 16.0. The fourth-order valence-electron chi connectivity index (χ4n) is 2.86. The van der Waals surface area contributed by atoms with Crippen LogP contribution in [0.15, 0.2) is 83.9 Å². The van der Waals surface area contributed by atoms with Crippen LogP contribution in [0, 0.1) is 0 Å². The van der Waals surface area contributed by atoms with Crippen LogP contribution in [0.4, 0.5) is 11.6 Å². The Bertz CT molecular complexity index is 1190. The van der Waals surface area contributed by atoms with E-state index in [9.17, 15) is 8.42 Å². The number of sulfonamides is 1. The van der Waals surface area contributed by atoms with Crippen LogP contribution >= 0.6 is 0 Å². The van der Waals surface area contributed by atoms with E-state index in [2.05, 4.69) is 20.1 Å². The van der Waals surface area contributed by atoms with Crippen LogP contribution in [0.5, 0.6) is 0 Å². The normalized spacial score (nSPS) is 12.6. The average molecular weight is 393 g/mol. The zero-order valence-electron chi connectivity index (χ0n) is 15.1. The lowest BCUT2D eigenvalue weighted by atomic mass is 10.1. The molecule has 0 aliphatic carbocycles. The number of nitrogens with one attached hydrogen (secondary N) is 2. The van der Waals surface area contributed by atoms with Crippen molar-refractivity contribution < 1.29 is 8.42 Å². The van der Waals surface area contributed by atoms with Crippen LogP contribution in [-0.4, -0.2) is 23.0 Å². The summed E-state index contributed by atoms with van der Waals surface area (Å²) in [6.45, 7) is 2.04. The van der Waals surface area contributed by atoms with Crippen LogP contribution in [-0.2, 0) is 10.0 Å². The number of hydrogen-bond donors (Lipinski definition) is 2. The van der Waals surface area contributed by atoms with Crippen molar-refractivity contribution in [2.24, 2.45) is 0 Å². The summed E-state index contributed by atoms with van der Waals surface area (Å²) in [5.74, 6) is 0.886. The van der Waals surface area contributed by atoms with Crippen molar-refractivity contribution >= 4 is 27.3 Å². The molecule has 0 spiro atoms. The van der Waals surface area contributed by atoms with Gasteiger partial charge < -0.3 is 5.32 Å². The van der Waals surface area contributed by atoms with E-state index in [4.69, 9.17) is 0 Å². The second-order valence-corrected chi connectivity index (χ2v) is 8.01. The van der Waals surface area contributed by atoms with Gasteiger partial charge in [0.1, 0.15) is 5.82 Å². The molecule has 0 fully saturated rings. The van der Waals surface area contributed by atoms with E-state index in [0.717, 1.165) is 5.56 Å². The molecule has 2 N–H and O–H groups in total. The van der Waals surface area contributed by atoms with Crippen LogP contribution in [0.25, 0.3) is 5.65 Å². The highest BCUT2D eigenvalue weighted by atomic mass is 32.2. The lowest BCUT2D eigenvalue weighted by Gasteiger charge is -2.15. The first-order chi connectivity index (χ1) is 13.5. The van der Waals surface area contributed by atoms with Crippen molar-refractivity contribution in [3.8, 4) is 0 Å². The minimum Gasteiger partial charge on any atom is -0.362 e. The molecule has 0 aliphatic rings. The maximum atomic E-state index is 12.6. The second-order valence-electron chi connectivity index (χ2n) is 6.33. The highest BCUT2D eigenvalue weighted by molar-refractivity contribution is 7.92. The van der Waals surface area contributed by atoms with Crippen LogP contribution < -0.4 is 10.0 Å². The third-order valence-corrected chi connectivity index (χ3v) is 5.69. The third-order valence-electron chi connectivity index (χ3n) is 4.32. The van der Waals surface area contributed by atoms with Gasteiger partial charge in [0.15, 0.2) is 11.5 Å². The zero-order chi connectivity index (χ0) is 19.6. The van der Waals surface area contributed by atoms with Gasteiger partial charge in [-0.3, -0.25) is 4.72 Å². The van der Waals surface area contributed by atoms with E-state index >= 15 is 0 Å². The Hall–Kier alpha value is -3.39. The Balaban J connectivity index is 1.62. The first-order valence-electron chi connectivity index (χ1n) is 8.77. The number of benzene rings is 2. The SMILES string of the molecule is C[C@H](Nc1ccc2ncc(NS(=O)(=O)c3ccccc3)n2n1)c1ccccc1. The number of aromatic nitrogens is 3. The summed E-state index contributed by atoms with van der Waals surface area (Å²) in [6.07, 6.45) is 1.45. The molecule has 7 nitrogen and oxygen atoms in total. The van der Waals surface area contributed by atoms with Crippen molar-refractivity contribution in [2.45, 2.75) is 17.9 Å². The van der Waals surface area contributed by atoms with E-state index in [-0.39, 0.29) is 16.8 Å². The fourth-order valence-corrected chi connectivity index (χ4v) is 3.91. The van der Waals surface area contributed by atoms with Gasteiger partial charge in [-0.1, -0.05) is 48.5 Å². The van der Waals surface area contributed by atoms with Gasteiger partial charge in [0.05, 0.1) is 11.1 Å². The molecular weight excluding hydrogens is 374 g/mol. The lowest BCUT2D eigenvalue weighted by molar-refractivity contribution is 0.601. The molecule has 142 valence electrons. The van der Waals surface area contributed by atoms with E-state index in [1.54, 1.807) is 24.3 Å². The highest BCUT2D eigenvalue weighted by Gasteiger charge is 2.17. The summed E-state index contributed by atoms with van der Waals surface area (Å²) in [6, 6.07) is 21.8. The quantitative estimate of drug-likeness (QED) is 0.521. The standard InChI is InChI=1S/C20H19N5O2S/c1-15(16-8-4-2-5-9-16)22-18-12-13-19-21-14-20(25(19)23-18)24-28(26,27)17-10-6-3-7-11-17/h2-15,24H,1H3,(H,22,23)/t15-/m0/s1. The number of rotatable bonds is 6. The van der Waals surface area contributed by atoms with Crippen molar-refractivity contribution in [1.82, 2.24) is 14.6 Å². The van der Waals surface area contributed by atoms with Gasteiger partial charge in [0.25, 0.3) is 10.0 Å². The van der Waals surface area contributed by atoms with Gasteiger partial charge in [-0.25, -0.2) is 13.4 Å². The number of imidazole rings is 1. The first-order valence-corrected chi connectivity index (χ1v) is 10.3. The molecule has 2 heterocycles. The maximum absolute atomic E-state index is 12.6. The maximum Gasteiger partial charge on any atom is 0.263 e. The monoisotopic (exact) mass is 393 g/mol. The van der Waals surface area contributed by atoms with Crippen LogP contribution in [0.1, 0.15) is 18.5 Å². The minimum atomic E-state index is -3.72. The predicted octanol–water partition coefficient (Wildman–Crippen LogP) is 3.70. The van der Waals surface area contributed by atoms with E-state index in [0.29, 0.717) is 11.5 Å². The average Bonchev–Trinajstić information content (AvgIpc) is 3.11. The number of fused-ring (bicyclic) bond motifs is 1. The van der Waals surface area contributed by atoms with E-state index in [1.807, 2.05) is 43.3 Å². The molecule has 0 radical (unpaired) electrons. The Kier molecular flexibility index (Phi) is 4.70. The van der Waals surface area contributed by atoms with Crippen LogP contribution in [0.2, 0.25) is 0 Å². The van der Waals surface area contributed by atoms with Gasteiger partial charge in [0, 0.05) is 6.04 Å². The second kappa shape index (κ2) is 7.32.